The molecule has 1 saturated heterocycles. The highest BCUT2D eigenvalue weighted by Crippen LogP contribution is 2.33. The topological polar surface area (TPSA) is 152 Å². The minimum absolute atomic E-state index is 0.364. The molecule has 15 heteroatoms. The summed E-state index contributed by atoms with van der Waals surface area (Å²) >= 11 is 0. The van der Waals surface area contributed by atoms with Crippen LogP contribution in [0.4, 0.5) is 13.2 Å². The third-order valence-corrected chi connectivity index (χ3v) is 4.18. The molecule has 0 spiro atoms. The molecule has 1 fully saturated rings. The van der Waals surface area contributed by atoms with Gasteiger partial charge in [0.15, 0.2) is 18.4 Å². The van der Waals surface area contributed by atoms with Crippen molar-refractivity contribution in [2.75, 3.05) is 13.2 Å². The van der Waals surface area contributed by atoms with Crippen molar-refractivity contribution in [1.29, 1.82) is 0 Å². The number of H-pyrrole nitrogens is 1. The summed E-state index contributed by atoms with van der Waals surface area (Å²) in [4.78, 5) is 60.7. The van der Waals surface area contributed by atoms with Crippen LogP contribution >= 0.6 is 0 Å². The molecule has 0 aromatic carbocycles. The average Bonchev–Trinajstić information content (AvgIpc) is 2.97. The minimum atomic E-state index is -4.64. The molecule has 0 amide bonds. The monoisotopic (exact) mass is 482 g/mol. The minimum Gasteiger partial charge on any atom is -0.463 e. The van der Waals surface area contributed by atoms with E-state index in [0.717, 1.165) is 31.5 Å². The van der Waals surface area contributed by atoms with Crippen molar-refractivity contribution < 1.29 is 51.2 Å². The molecule has 1 aliphatic heterocycles. The van der Waals surface area contributed by atoms with Crippen LogP contribution in [0, 0.1) is 0 Å². The third kappa shape index (κ3) is 7.42. The lowest BCUT2D eigenvalue weighted by Crippen LogP contribution is -2.43. The van der Waals surface area contributed by atoms with Gasteiger partial charge >= 0.3 is 29.8 Å². The van der Waals surface area contributed by atoms with Crippen LogP contribution in [0.5, 0.6) is 0 Å². The van der Waals surface area contributed by atoms with Crippen LogP contribution < -0.4 is 11.2 Å². The van der Waals surface area contributed by atoms with E-state index in [1.165, 1.54) is 0 Å². The molecular formula is C18H21F3N2O10. The molecule has 1 aliphatic rings. The van der Waals surface area contributed by atoms with Gasteiger partial charge in [0.1, 0.15) is 19.3 Å². The zero-order chi connectivity index (χ0) is 24.9. The van der Waals surface area contributed by atoms with Crippen molar-refractivity contribution in [3.8, 4) is 0 Å². The van der Waals surface area contributed by atoms with Crippen molar-refractivity contribution >= 4 is 17.9 Å². The first kappa shape index (κ1) is 26.1. The molecule has 0 bridgehead atoms. The molecule has 0 aliphatic carbocycles. The van der Waals surface area contributed by atoms with Gasteiger partial charge in [0, 0.05) is 27.0 Å². The Morgan fingerprint density at radius 1 is 1.06 bits per heavy atom. The standard InChI is InChI=1S/C18H21F3N2O10/c1-8(24)30-6-12-13(31-9(2)25)14(32-10(3)26)16(33-12)23-4-11(15(27)22-17(23)28)5-29-7-18(19,20)21/h4,12-14,16H,5-7H2,1-3H3,(H,22,27,28)/t12-,13-,14-,16-/m1/s1. The maximum absolute atomic E-state index is 12.4. The summed E-state index contributed by atoms with van der Waals surface area (Å²) in [6, 6.07) is 0. The third-order valence-electron chi connectivity index (χ3n) is 4.18. The largest absolute Gasteiger partial charge is 0.463 e. The number of carbonyl (C=O) groups excluding carboxylic acids is 3. The quantitative estimate of drug-likeness (QED) is 0.394. The van der Waals surface area contributed by atoms with Gasteiger partial charge in [-0.3, -0.25) is 28.7 Å². The number of aromatic amines is 1. The fourth-order valence-electron chi connectivity index (χ4n) is 3.01. The van der Waals surface area contributed by atoms with E-state index in [1.807, 2.05) is 4.98 Å². The summed E-state index contributed by atoms with van der Waals surface area (Å²) in [6.45, 7) is 0.319. The first-order chi connectivity index (χ1) is 15.3. The Morgan fingerprint density at radius 2 is 1.67 bits per heavy atom. The predicted molar refractivity (Wildman–Crippen MR) is 98.7 cm³/mol. The molecule has 12 nitrogen and oxygen atoms in total. The van der Waals surface area contributed by atoms with Crippen LogP contribution in [0.15, 0.2) is 15.8 Å². The molecule has 2 heterocycles. The van der Waals surface area contributed by atoms with Gasteiger partial charge in [0.2, 0.25) is 0 Å². The van der Waals surface area contributed by atoms with Crippen LogP contribution in [-0.4, -0.2) is 65.2 Å². The van der Waals surface area contributed by atoms with E-state index in [-0.39, 0.29) is 5.56 Å². The van der Waals surface area contributed by atoms with Crippen molar-refractivity contribution in [2.24, 2.45) is 0 Å². The normalized spacial score (nSPS) is 22.6. The lowest BCUT2D eigenvalue weighted by Gasteiger charge is -2.24. The summed E-state index contributed by atoms with van der Waals surface area (Å²) in [5, 5.41) is 0. The van der Waals surface area contributed by atoms with E-state index in [1.54, 1.807) is 0 Å². The SMILES string of the molecule is CC(=O)OC[C@H]1O[C@@H](n2cc(COCC(F)(F)F)c(=O)[nH]c2=O)[C@H](OC(C)=O)[C@@H]1OC(C)=O. The number of rotatable bonds is 8. The number of carbonyl (C=O) groups is 3. The van der Waals surface area contributed by atoms with Gasteiger partial charge in [-0.15, -0.1) is 0 Å². The van der Waals surface area contributed by atoms with Crippen molar-refractivity contribution in [3.05, 3.63) is 32.6 Å². The Hall–Kier alpha value is -3.20. The van der Waals surface area contributed by atoms with Crippen molar-refractivity contribution in [1.82, 2.24) is 9.55 Å². The highest BCUT2D eigenvalue weighted by atomic mass is 19.4. The second kappa shape index (κ2) is 10.6. The van der Waals surface area contributed by atoms with Crippen molar-refractivity contribution in [2.45, 2.75) is 58.1 Å². The van der Waals surface area contributed by atoms with Crippen molar-refractivity contribution in [3.63, 3.8) is 0 Å². The maximum Gasteiger partial charge on any atom is 0.411 e. The van der Waals surface area contributed by atoms with Crippen LogP contribution in [0.3, 0.4) is 0 Å². The number of ether oxygens (including phenoxy) is 5. The molecule has 1 aromatic heterocycles. The van der Waals surface area contributed by atoms with E-state index < -0.39 is 79.7 Å². The number of esters is 3. The first-order valence-corrected chi connectivity index (χ1v) is 9.40. The van der Waals surface area contributed by atoms with Gasteiger partial charge in [-0.1, -0.05) is 0 Å². The number of nitrogens with zero attached hydrogens (tertiary/aromatic N) is 1. The number of hydrogen-bond acceptors (Lipinski definition) is 10. The summed E-state index contributed by atoms with van der Waals surface area (Å²) in [7, 11) is 0. The van der Waals surface area contributed by atoms with Gasteiger partial charge in [0.25, 0.3) is 5.56 Å². The molecular weight excluding hydrogens is 461 g/mol. The number of halogens is 3. The Bertz CT molecular complexity index is 1000. The van der Waals surface area contributed by atoms with E-state index in [0.29, 0.717) is 0 Å². The molecule has 0 radical (unpaired) electrons. The molecule has 0 saturated carbocycles. The second-order valence-corrected chi connectivity index (χ2v) is 6.94. The highest BCUT2D eigenvalue weighted by Gasteiger charge is 2.51. The van der Waals surface area contributed by atoms with Crippen LogP contribution in [0.25, 0.3) is 0 Å². The van der Waals surface area contributed by atoms with Gasteiger partial charge < -0.3 is 23.7 Å². The summed E-state index contributed by atoms with van der Waals surface area (Å²) in [6.07, 6.45) is -9.20. The lowest BCUT2D eigenvalue weighted by molar-refractivity contribution is -0.176. The van der Waals surface area contributed by atoms with E-state index in [4.69, 9.17) is 18.9 Å². The van der Waals surface area contributed by atoms with Gasteiger partial charge in [0.05, 0.1) is 12.2 Å². The summed E-state index contributed by atoms with van der Waals surface area (Å²) in [5.41, 5.74) is -2.43. The molecule has 1 aromatic rings. The fraction of sp³-hybridized carbons (Fsp3) is 0.611. The number of hydrogen-bond donors (Lipinski definition) is 1. The smallest absolute Gasteiger partial charge is 0.411 e. The molecule has 184 valence electrons. The van der Waals surface area contributed by atoms with E-state index >= 15 is 0 Å². The van der Waals surface area contributed by atoms with Crippen LogP contribution in [-0.2, 0) is 44.7 Å². The fourth-order valence-corrected chi connectivity index (χ4v) is 3.01. The first-order valence-electron chi connectivity index (χ1n) is 9.40. The molecule has 4 atom stereocenters. The van der Waals surface area contributed by atoms with Gasteiger partial charge in [-0.25, -0.2) is 4.79 Å². The number of aromatic nitrogens is 2. The summed E-state index contributed by atoms with van der Waals surface area (Å²) in [5.74, 6) is -2.34. The average molecular weight is 482 g/mol. The molecule has 0 unspecified atom stereocenters. The Kier molecular flexibility index (Phi) is 8.38. The van der Waals surface area contributed by atoms with Crippen LogP contribution in [0.2, 0.25) is 0 Å². The Balaban J connectivity index is 2.43. The summed E-state index contributed by atoms with van der Waals surface area (Å²) < 4.78 is 63.0. The van der Waals surface area contributed by atoms with Gasteiger partial charge in [-0.2, -0.15) is 13.2 Å². The molecule has 1 N–H and O–H groups in total. The maximum atomic E-state index is 12.4. The number of nitrogens with one attached hydrogen (secondary N) is 1. The van der Waals surface area contributed by atoms with E-state index in [2.05, 4.69) is 4.74 Å². The highest BCUT2D eigenvalue weighted by molar-refractivity contribution is 5.68. The lowest BCUT2D eigenvalue weighted by atomic mass is 10.1. The van der Waals surface area contributed by atoms with Gasteiger partial charge in [-0.05, 0) is 0 Å². The molecule has 2 rings (SSSR count). The van der Waals surface area contributed by atoms with Crippen LogP contribution in [0.1, 0.15) is 32.6 Å². The number of alkyl halides is 3. The predicted octanol–water partition coefficient (Wildman–Crippen LogP) is -0.0606. The second-order valence-electron chi connectivity index (χ2n) is 6.94. The van der Waals surface area contributed by atoms with E-state index in [9.17, 15) is 37.1 Å². The Labute approximate surface area is 183 Å². The Morgan fingerprint density at radius 3 is 2.21 bits per heavy atom. The molecule has 33 heavy (non-hydrogen) atoms. The zero-order valence-electron chi connectivity index (χ0n) is 17.7. The zero-order valence-corrected chi connectivity index (χ0v) is 17.7.